The van der Waals surface area contributed by atoms with Crippen LogP contribution < -0.4 is 5.32 Å². The molecule has 1 heterocycles. The van der Waals surface area contributed by atoms with E-state index in [2.05, 4.69) is 48.3 Å². The predicted octanol–water partition coefficient (Wildman–Crippen LogP) is 2.61. The molecule has 1 fully saturated rings. The molecule has 0 bridgehead atoms. The third kappa shape index (κ3) is 3.83. The highest BCUT2D eigenvalue weighted by Gasteiger charge is 2.33. The molecule has 1 aliphatic heterocycles. The second-order valence-corrected chi connectivity index (χ2v) is 5.70. The van der Waals surface area contributed by atoms with E-state index >= 15 is 0 Å². The fourth-order valence-electron chi connectivity index (χ4n) is 2.82. The average Bonchev–Trinajstić information content (AvgIpc) is 2.85. The van der Waals surface area contributed by atoms with Gasteiger partial charge in [0.2, 0.25) is 5.91 Å². The van der Waals surface area contributed by atoms with E-state index in [9.17, 15) is 4.79 Å². The summed E-state index contributed by atoms with van der Waals surface area (Å²) >= 11 is 0. The van der Waals surface area contributed by atoms with Crippen molar-refractivity contribution < 1.29 is 4.79 Å². The zero-order chi connectivity index (χ0) is 14.4. The number of amides is 1. The van der Waals surface area contributed by atoms with E-state index in [1.165, 1.54) is 5.56 Å². The van der Waals surface area contributed by atoms with Crippen LogP contribution in [0.3, 0.4) is 0 Å². The van der Waals surface area contributed by atoms with Crippen molar-refractivity contribution in [2.75, 3.05) is 13.1 Å². The van der Waals surface area contributed by atoms with Gasteiger partial charge in [-0.05, 0) is 44.7 Å². The lowest BCUT2D eigenvalue weighted by atomic mass is 10.1. The molecule has 0 aliphatic carbocycles. The van der Waals surface area contributed by atoms with E-state index in [0.717, 1.165) is 38.8 Å². The summed E-state index contributed by atoms with van der Waals surface area (Å²) in [7, 11) is 0. The van der Waals surface area contributed by atoms with Gasteiger partial charge >= 0.3 is 0 Å². The lowest BCUT2D eigenvalue weighted by Gasteiger charge is -2.25. The minimum atomic E-state index is 0.0501. The average molecular weight is 274 g/mol. The predicted molar refractivity (Wildman–Crippen MR) is 82.6 cm³/mol. The fraction of sp³-hybridized carbons (Fsp3) is 0.588. The lowest BCUT2D eigenvalue weighted by molar-refractivity contribution is -0.131. The Bertz CT molecular complexity index is 418. The first-order chi connectivity index (χ1) is 9.72. The highest BCUT2D eigenvalue weighted by molar-refractivity contribution is 5.84. The SMILES string of the molecule is CCCNC1CCN(C(C)CCc2ccccc2)C1=O. The van der Waals surface area contributed by atoms with Crippen molar-refractivity contribution >= 4 is 5.91 Å². The molecule has 0 radical (unpaired) electrons. The lowest BCUT2D eigenvalue weighted by Crippen LogP contribution is -2.42. The topological polar surface area (TPSA) is 32.3 Å². The van der Waals surface area contributed by atoms with Crippen LogP contribution in [0.1, 0.15) is 38.7 Å². The van der Waals surface area contributed by atoms with Crippen LogP contribution in [-0.2, 0) is 11.2 Å². The summed E-state index contributed by atoms with van der Waals surface area (Å²) in [6.07, 6.45) is 4.11. The van der Waals surface area contributed by atoms with Crippen LogP contribution in [0.5, 0.6) is 0 Å². The minimum Gasteiger partial charge on any atom is -0.339 e. The Morgan fingerprint density at radius 3 is 2.80 bits per heavy atom. The molecular formula is C17H26N2O. The molecule has 3 nitrogen and oxygen atoms in total. The molecule has 0 aromatic heterocycles. The van der Waals surface area contributed by atoms with Crippen LogP contribution in [-0.4, -0.2) is 36.0 Å². The maximum Gasteiger partial charge on any atom is 0.240 e. The van der Waals surface area contributed by atoms with Crippen LogP contribution in [0.4, 0.5) is 0 Å². The normalized spacial score (nSPS) is 20.4. The summed E-state index contributed by atoms with van der Waals surface area (Å²) in [4.78, 5) is 14.4. The molecule has 1 amide bonds. The summed E-state index contributed by atoms with van der Waals surface area (Å²) in [6, 6.07) is 10.9. The molecule has 1 aromatic rings. The second kappa shape index (κ2) is 7.44. The number of likely N-dealkylation sites (tertiary alicyclic amines) is 1. The summed E-state index contributed by atoms with van der Waals surface area (Å²) in [5, 5.41) is 3.35. The van der Waals surface area contributed by atoms with Gasteiger partial charge in [0.1, 0.15) is 0 Å². The van der Waals surface area contributed by atoms with Crippen LogP contribution in [0.15, 0.2) is 30.3 Å². The highest BCUT2D eigenvalue weighted by atomic mass is 16.2. The van der Waals surface area contributed by atoms with Gasteiger partial charge in [-0.2, -0.15) is 0 Å². The molecule has 2 rings (SSSR count). The molecule has 1 aromatic carbocycles. The molecular weight excluding hydrogens is 248 g/mol. The van der Waals surface area contributed by atoms with E-state index in [1.807, 2.05) is 6.07 Å². The quantitative estimate of drug-likeness (QED) is 0.829. The van der Waals surface area contributed by atoms with Gasteiger partial charge in [0.15, 0.2) is 0 Å². The van der Waals surface area contributed by atoms with Crippen molar-refractivity contribution in [3.05, 3.63) is 35.9 Å². The van der Waals surface area contributed by atoms with Gasteiger partial charge in [0.05, 0.1) is 6.04 Å². The maximum absolute atomic E-state index is 12.3. The first-order valence-electron chi connectivity index (χ1n) is 7.80. The van der Waals surface area contributed by atoms with E-state index in [-0.39, 0.29) is 6.04 Å². The van der Waals surface area contributed by atoms with Crippen LogP contribution in [0.25, 0.3) is 0 Å². The highest BCUT2D eigenvalue weighted by Crippen LogP contribution is 2.18. The summed E-state index contributed by atoms with van der Waals surface area (Å²) in [5.41, 5.74) is 1.35. The van der Waals surface area contributed by atoms with Crippen molar-refractivity contribution in [2.24, 2.45) is 0 Å². The van der Waals surface area contributed by atoms with Crippen molar-refractivity contribution in [1.82, 2.24) is 10.2 Å². The monoisotopic (exact) mass is 274 g/mol. The fourth-order valence-corrected chi connectivity index (χ4v) is 2.82. The van der Waals surface area contributed by atoms with Crippen molar-refractivity contribution in [1.29, 1.82) is 0 Å². The van der Waals surface area contributed by atoms with Crippen molar-refractivity contribution in [3.63, 3.8) is 0 Å². The number of hydrogen-bond acceptors (Lipinski definition) is 2. The van der Waals surface area contributed by atoms with Crippen LogP contribution in [0.2, 0.25) is 0 Å². The molecule has 3 heteroatoms. The second-order valence-electron chi connectivity index (χ2n) is 5.70. The van der Waals surface area contributed by atoms with Crippen LogP contribution in [0, 0.1) is 0 Å². The van der Waals surface area contributed by atoms with Crippen molar-refractivity contribution in [2.45, 2.75) is 51.6 Å². The zero-order valence-electron chi connectivity index (χ0n) is 12.6. The van der Waals surface area contributed by atoms with Gasteiger partial charge in [-0.3, -0.25) is 4.79 Å². The van der Waals surface area contributed by atoms with Crippen LogP contribution >= 0.6 is 0 Å². The molecule has 1 saturated heterocycles. The molecule has 2 unspecified atom stereocenters. The van der Waals surface area contributed by atoms with E-state index in [4.69, 9.17) is 0 Å². The van der Waals surface area contributed by atoms with E-state index in [0.29, 0.717) is 11.9 Å². The van der Waals surface area contributed by atoms with Crippen molar-refractivity contribution in [3.8, 4) is 0 Å². The Kier molecular flexibility index (Phi) is 5.60. The van der Waals surface area contributed by atoms with E-state index in [1.54, 1.807) is 0 Å². The van der Waals surface area contributed by atoms with Gasteiger partial charge in [-0.25, -0.2) is 0 Å². The molecule has 20 heavy (non-hydrogen) atoms. The third-order valence-electron chi connectivity index (χ3n) is 4.11. The molecule has 2 atom stereocenters. The minimum absolute atomic E-state index is 0.0501. The third-order valence-corrected chi connectivity index (χ3v) is 4.11. The number of carbonyl (C=O) groups is 1. The molecule has 1 N–H and O–H groups in total. The van der Waals surface area contributed by atoms with Gasteiger partial charge in [0.25, 0.3) is 0 Å². The van der Waals surface area contributed by atoms with Gasteiger partial charge in [-0.1, -0.05) is 37.3 Å². The molecule has 0 spiro atoms. The number of benzene rings is 1. The first-order valence-corrected chi connectivity index (χ1v) is 7.80. The summed E-state index contributed by atoms with van der Waals surface area (Å²) < 4.78 is 0. The van der Waals surface area contributed by atoms with Gasteiger partial charge in [-0.15, -0.1) is 0 Å². The molecule has 0 saturated carbocycles. The Morgan fingerprint density at radius 1 is 1.35 bits per heavy atom. The number of rotatable bonds is 7. The number of aryl methyl sites for hydroxylation is 1. The van der Waals surface area contributed by atoms with Gasteiger partial charge in [0, 0.05) is 12.6 Å². The molecule has 1 aliphatic rings. The number of hydrogen-bond donors (Lipinski definition) is 1. The molecule has 110 valence electrons. The zero-order valence-corrected chi connectivity index (χ0v) is 12.6. The standard InChI is InChI=1S/C17H26N2O/c1-3-12-18-16-11-13-19(17(16)20)14(2)9-10-15-7-5-4-6-8-15/h4-8,14,16,18H,3,9-13H2,1-2H3. The smallest absolute Gasteiger partial charge is 0.240 e. The Labute approximate surface area is 122 Å². The Morgan fingerprint density at radius 2 is 2.10 bits per heavy atom. The maximum atomic E-state index is 12.3. The Balaban J connectivity index is 1.81. The van der Waals surface area contributed by atoms with E-state index < -0.39 is 0 Å². The number of carbonyl (C=O) groups excluding carboxylic acids is 1. The number of nitrogens with zero attached hydrogens (tertiary/aromatic N) is 1. The summed E-state index contributed by atoms with van der Waals surface area (Å²) in [6.45, 7) is 6.13. The Hall–Kier alpha value is -1.35. The summed E-state index contributed by atoms with van der Waals surface area (Å²) in [5.74, 6) is 0.291. The first kappa shape index (κ1) is 15.0. The largest absolute Gasteiger partial charge is 0.339 e. The number of nitrogens with one attached hydrogen (secondary N) is 1. The van der Waals surface area contributed by atoms with Gasteiger partial charge < -0.3 is 10.2 Å².